The summed E-state index contributed by atoms with van der Waals surface area (Å²) < 4.78 is 37.9. The van der Waals surface area contributed by atoms with Crippen molar-refractivity contribution in [1.82, 2.24) is 24.5 Å². The van der Waals surface area contributed by atoms with E-state index >= 15 is 0 Å². The first-order valence-corrected chi connectivity index (χ1v) is 12.8. The smallest absolute Gasteiger partial charge is 0.339 e. The third-order valence-electron chi connectivity index (χ3n) is 7.29. The third-order valence-corrected chi connectivity index (χ3v) is 7.67. The second-order valence-electron chi connectivity index (χ2n) is 9.53. The number of benzene rings is 2. The first-order chi connectivity index (χ1) is 19.7. The Kier molecular flexibility index (Phi) is 5.50. The largest absolute Gasteiger partial charge is 0.465 e. The number of carbonyl (C=O) groups is 1. The van der Waals surface area contributed by atoms with E-state index in [0.717, 1.165) is 42.5 Å². The van der Waals surface area contributed by atoms with E-state index in [-0.39, 0.29) is 16.3 Å². The fourth-order valence-corrected chi connectivity index (χ4v) is 5.75. The molecule has 1 aliphatic rings. The summed E-state index contributed by atoms with van der Waals surface area (Å²) in [5, 5.41) is 8.92. The quantitative estimate of drug-likeness (QED) is 0.271. The van der Waals surface area contributed by atoms with Gasteiger partial charge in [-0.05, 0) is 54.9 Å². The lowest BCUT2D eigenvalue weighted by molar-refractivity contribution is 0.0601. The summed E-state index contributed by atoms with van der Waals surface area (Å²) in [5.74, 6) is -0.104. The van der Waals surface area contributed by atoms with Crippen molar-refractivity contribution in [1.29, 1.82) is 0 Å². The molecule has 0 unspecified atom stereocenters. The Morgan fingerprint density at radius 1 is 1.24 bits per heavy atom. The van der Waals surface area contributed by atoms with Gasteiger partial charge in [-0.3, -0.25) is 4.98 Å². The Balaban J connectivity index is 1.57. The summed E-state index contributed by atoms with van der Waals surface area (Å²) >= 11 is 6.90. The fraction of sp³-hybridized carbons (Fsp3) is 0.310. The Morgan fingerprint density at radius 3 is 2.87 bits per heavy atom. The highest BCUT2D eigenvalue weighted by Gasteiger charge is 2.22. The number of rotatable bonds is 5. The van der Waals surface area contributed by atoms with Crippen LogP contribution in [0.25, 0.3) is 33.2 Å². The number of fused-ring (bicyclic) bond motifs is 3. The van der Waals surface area contributed by atoms with E-state index in [1.54, 1.807) is 19.3 Å². The molecule has 2 aromatic carbocycles. The number of aromatic nitrogens is 5. The highest BCUT2D eigenvalue weighted by atomic mass is 35.5. The van der Waals surface area contributed by atoms with E-state index in [0.29, 0.717) is 34.8 Å². The molecule has 9 heteroatoms. The van der Waals surface area contributed by atoms with Crippen LogP contribution in [0.4, 0.5) is 0 Å². The van der Waals surface area contributed by atoms with Gasteiger partial charge in [0.1, 0.15) is 0 Å². The number of carbonyl (C=O) groups excluding carboxylic acids is 1. The molecule has 38 heavy (non-hydrogen) atoms. The molecule has 0 bridgehead atoms. The van der Waals surface area contributed by atoms with E-state index in [9.17, 15) is 4.79 Å². The minimum Gasteiger partial charge on any atom is -0.465 e. The fourth-order valence-electron chi connectivity index (χ4n) is 5.41. The van der Waals surface area contributed by atoms with Crippen LogP contribution in [0.2, 0.25) is 5.02 Å². The van der Waals surface area contributed by atoms with Gasteiger partial charge >= 0.3 is 5.97 Å². The Labute approximate surface area is 229 Å². The number of hydrogen-bond acceptors (Lipinski definition) is 6. The molecule has 0 aliphatic carbocycles. The summed E-state index contributed by atoms with van der Waals surface area (Å²) in [4.78, 5) is 17.3. The summed E-state index contributed by atoms with van der Waals surface area (Å²) in [7, 11) is 2.97. The van der Waals surface area contributed by atoms with E-state index < -0.39 is 12.8 Å². The van der Waals surface area contributed by atoms with Gasteiger partial charge in [-0.1, -0.05) is 41.1 Å². The molecule has 5 aromatic rings. The van der Waals surface area contributed by atoms with Crippen LogP contribution in [-0.2, 0) is 23.1 Å². The number of ether oxygens (including phenoxy) is 2. The van der Waals surface area contributed by atoms with Crippen molar-refractivity contribution >= 4 is 39.5 Å². The van der Waals surface area contributed by atoms with Crippen molar-refractivity contribution in [2.75, 3.05) is 20.3 Å². The minimum atomic E-state index is -2.45. The molecule has 0 saturated carbocycles. The lowest BCUT2D eigenvalue weighted by Crippen LogP contribution is -2.14. The van der Waals surface area contributed by atoms with Gasteiger partial charge in [-0.15, -0.1) is 5.10 Å². The van der Waals surface area contributed by atoms with Gasteiger partial charge in [0.2, 0.25) is 0 Å². The number of pyridine rings is 1. The highest BCUT2D eigenvalue weighted by Crippen LogP contribution is 2.37. The average Bonchev–Trinajstić information content (AvgIpc) is 3.51. The van der Waals surface area contributed by atoms with E-state index in [4.69, 9.17) is 30.2 Å². The zero-order chi connectivity index (χ0) is 28.9. The third kappa shape index (κ3) is 4.14. The predicted molar refractivity (Wildman–Crippen MR) is 147 cm³/mol. The van der Waals surface area contributed by atoms with Crippen LogP contribution in [0.3, 0.4) is 0 Å². The molecule has 0 spiro atoms. The minimum absolute atomic E-state index is 0.0982. The van der Waals surface area contributed by atoms with Gasteiger partial charge in [0, 0.05) is 48.1 Å². The molecule has 6 rings (SSSR count). The molecule has 1 aliphatic heterocycles. The number of aryl methyl sites for hydroxylation is 2. The average molecular weight is 533 g/mol. The number of nitrogens with zero attached hydrogens (tertiary/aromatic N) is 5. The lowest BCUT2D eigenvalue weighted by Gasteiger charge is -2.23. The van der Waals surface area contributed by atoms with Crippen LogP contribution < -0.4 is 0 Å². The maximum absolute atomic E-state index is 12.5. The van der Waals surface area contributed by atoms with Crippen LogP contribution >= 0.6 is 11.6 Å². The van der Waals surface area contributed by atoms with Gasteiger partial charge in [0.25, 0.3) is 0 Å². The Morgan fingerprint density at radius 2 is 2.08 bits per heavy atom. The maximum Gasteiger partial charge on any atom is 0.339 e. The summed E-state index contributed by atoms with van der Waals surface area (Å²) in [6, 6.07) is 13.8. The first-order valence-electron chi connectivity index (χ1n) is 13.9. The van der Waals surface area contributed by atoms with E-state index in [1.165, 1.54) is 17.4 Å². The zero-order valence-electron chi connectivity index (χ0n) is 24.1. The SMILES string of the molecule is [2H]C([2H])([2H])c1nnn(C)c1-c1cnc2c3ccc(C(=O)OC)c(Cl)c3n(Cc3cccc(C4CCOCC4)c3)c2c1. The molecule has 194 valence electrons. The molecule has 4 heterocycles. The summed E-state index contributed by atoms with van der Waals surface area (Å²) in [6.45, 7) is -0.497. The Bertz CT molecular complexity index is 1790. The van der Waals surface area contributed by atoms with Gasteiger partial charge in [0.15, 0.2) is 0 Å². The van der Waals surface area contributed by atoms with Crippen LogP contribution in [0.1, 0.15) is 50.1 Å². The van der Waals surface area contributed by atoms with Crippen LogP contribution in [0, 0.1) is 6.85 Å². The van der Waals surface area contributed by atoms with Crippen molar-refractivity contribution in [3.05, 3.63) is 76.1 Å². The van der Waals surface area contributed by atoms with Crippen LogP contribution in [0.15, 0.2) is 48.7 Å². The summed E-state index contributed by atoms with van der Waals surface area (Å²) in [5.41, 5.74) is 5.44. The van der Waals surface area contributed by atoms with Crippen molar-refractivity contribution in [2.45, 2.75) is 32.2 Å². The monoisotopic (exact) mass is 532 g/mol. The van der Waals surface area contributed by atoms with Crippen molar-refractivity contribution in [3.8, 4) is 11.3 Å². The molecule has 0 N–H and O–H groups in total. The Hall–Kier alpha value is -3.75. The molecular formula is C29H28ClN5O3. The topological polar surface area (TPSA) is 84.1 Å². The molecular weight excluding hydrogens is 502 g/mol. The number of methoxy groups -OCH3 is 1. The predicted octanol–water partition coefficient (Wildman–Crippen LogP) is 5.68. The standard InChI is InChI=1S/C29H28ClN5O3/c1-17-27(34(2)33-32-17)21-14-24-26(31-15-21)23-8-7-22(29(36)37-3)25(30)28(23)35(24)16-18-5-4-6-20(13-18)19-9-11-38-12-10-19/h4-8,13-15,19H,9-12,16H2,1-3H3/i1D3. The molecule has 3 aromatic heterocycles. The van der Waals surface area contributed by atoms with Gasteiger partial charge in [0.05, 0.1) is 45.6 Å². The number of esters is 1. The molecule has 0 atom stereocenters. The second-order valence-corrected chi connectivity index (χ2v) is 9.91. The maximum atomic E-state index is 12.5. The molecule has 8 nitrogen and oxygen atoms in total. The van der Waals surface area contributed by atoms with Crippen molar-refractivity contribution < 1.29 is 18.4 Å². The van der Waals surface area contributed by atoms with Crippen molar-refractivity contribution in [3.63, 3.8) is 0 Å². The number of halogens is 1. The summed E-state index contributed by atoms with van der Waals surface area (Å²) in [6.07, 6.45) is 3.57. The first kappa shape index (κ1) is 21.2. The van der Waals surface area contributed by atoms with E-state index in [2.05, 4.69) is 34.6 Å². The highest BCUT2D eigenvalue weighted by molar-refractivity contribution is 6.39. The second kappa shape index (κ2) is 9.85. The lowest BCUT2D eigenvalue weighted by atomic mass is 9.91. The van der Waals surface area contributed by atoms with Crippen molar-refractivity contribution in [2.24, 2.45) is 7.05 Å². The molecule has 1 saturated heterocycles. The molecule has 0 amide bonds. The van der Waals surface area contributed by atoms with Gasteiger partial charge < -0.3 is 14.0 Å². The zero-order valence-corrected chi connectivity index (χ0v) is 21.8. The van der Waals surface area contributed by atoms with Gasteiger partial charge in [-0.25, -0.2) is 9.48 Å². The van der Waals surface area contributed by atoms with Crippen LogP contribution in [-0.4, -0.2) is 50.8 Å². The molecule has 1 fully saturated rings. The van der Waals surface area contributed by atoms with Crippen LogP contribution in [0.5, 0.6) is 0 Å². The van der Waals surface area contributed by atoms with Gasteiger partial charge in [-0.2, -0.15) is 0 Å². The normalized spacial score (nSPS) is 15.9. The number of hydrogen-bond donors (Lipinski definition) is 0. The molecule has 0 radical (unpaired) electrons. The van der Waals surface area contributed by atoms with E-state index in [1.807, 2.05) is 16.7 Å².